The van der Waals surface area contributed by atoms with Crippen molar-refractivity contribution < 1.29 is 0 Å². The summed E-state index contributed by atoms with van der Waals surface area (Å²) in [7, 11) is 0. The van der Waals surface area contributed by atoms with Crippen LogP contribution in [0.25, 0.3) is 5.69 Å². The highest BCUT2D eigenvalue weighted by atomic mass is 15.3. The first-order chi connectivity index (χ1) is 11.3. The quantitative estimate of drug-likeness (QED) is 0.632. The molecule has 1 fully saturated rings. The van der Waals surface area contributed by atoms with Crippen molar-refractivity contribution >= 4 is 5.69 Å². The maximum atomic E-state index is 2.62. The Balaban J connectivity index is 1.68. The second kappa shape index (κ2) is 4.51. The molecular formula is C21H20N2. The van der Waals surface area contributed by atoms with E-state index in [0.29, 0.717) is 5.92 Å². The first-order valence-electron chi connectivity index (χ1n) is 8.37. The van der Waals surface area contributed by atoms with Crippen LogP contribution in [-0.4, -0.2) is 11.1 Å². The Hall–Kier alpha value is -2.48. The molecule has 2 aliphatic heterocycles. The predicted octanol–water partition coefficient (Wildman–Crippen LogP) is 4.70. The van der Waals surface area contributed by atoms with Crippen molar-refractivity contribution in [3.05, 3.63) is 84.2 Å². The number of nitrogens with zero attached hydrogens (tertiary/aromatic N) is 2. The van der Waals surface area contributed by atoms with Gasteiger partial charge in [0.2, 0.25) is 0 Å². The van der Waals surface area contributed by atoms with Gasteiger partial charge in [-0.05, 0) is 43.2 Å². The van der Waals surface area contributed by atoms with Crippen molar-refractivity contribution in [3.8, 4) is 5.69 Å². The Morgan fingerprint density at radius 3 is 2.43 bits per heavy atom. The second-order valence-electron chi connectivity index (χ2n) is 6.95. The summed E-state index contributed by atoms with van der Waals surface area (Å²) in [6.45, 7) is 3.49. The van der Waals surface area contributed by atoms with Gasteiger partial charge in [0.25, 0.3) is 0 Å². The summed E-state index contributed by atoms with van der Waals surface area (Å²) in [5.74, 6) is 0.579. The van der Waals surface area contributed by atoms with Crippen LogP contribution in [0.1, 0.15) is 30.5 Å². The van der Waals surface area contributed by atoms with Gasteiger partial charge in [-0.1, -0.05) is 42.5 Å². The summed E-state index contributed by atoms with van der Waals surface area (Å²) in [5.41, 5.74) is 5.60. The largest absolute Gasteiger partial charge is 0.358 e. The minimum Gasteiger partial charge on any atom is -0.358 e. The summed E-state index contributed by atoms with van der Waals surface area (Å²) < 4.78 is 2.37. The van der Waals surface area contributed by atoms with Crippen molar-refractivity contribution in [1.82, 2.24) is 4.57 Å². The molecule has 0 amide bonds. The summed E-state index contributed by atoms with van der Waals surface area (Å²) in [6.07, 6.45) is 3.36. The van der Waals surface area contributed by atoms with Crippen LogP contribution in [-0.2, 0) is 5.54 Å². The number of rotatable bonds is 1. The van der Waals surface area contributed by atoms with Crippen molar-refractivity contribution in [2.24, 2.45) is 0 Å². The predicted molar refractivity (Wildman–Crippen MR) is 94.3 cm³/mol. The van der Waals surface area contributed by atoms with Gasteiger partial charge < -0.3 is 9.47 Å². The average Bonchev–Trinajstić information content (AvgIpc) is 3.21. The van der Waals surface area contributed by atoms with E-state index in [1.54, 1.807) is 0 Å². The fraction of sp³-hybridized carbons (Fsp3) is 0.238. The number of fused-ring (bicyclic) bond motifs is 6. The van der Waals surface area contributed by atoms with E-state index in [0.717, 1.165) is 13.0 Å². The van der Waals surface area contributed by atoms with Gasteiger partial charge in [0.15, 0.2) is 0 Å². The first kappa shape index (κ1) is 13.0. The van der Waals surface area contributed by atoms with Crippen molar-refractivity contribution in [2.75, 3.05) is 11.4 Å². The van der Waals surface area contributed by atoms with Crippen LogP contribution < -0.4 is 4.90 Å². The SMILES string of the molecule is CC12CC(c3ccccc3)CN1c1ccccc1-n1cccc12. The van der Waals surface area contributed by atoms with E-state index in [4.69, 9.17) is 0 Å². The molecule has 2 heteroatoms. The number of aromatic nitrogens is 1. The van der Waals surface area contributed by atoms with E-state index in [9.17, 15) is 0 Å². The van der Waals surface area contributed by atoms with Crippen molar-refractivity contribution in [3.63, 3.8) is 0 Å². The Morgan fingerprint density at radius 2 is 1.61 bits per heavy atom. The molecule has 2 nitrogen and oxygen atoms in total. The van der Waals surface area contributed by atoms with Gasteiger partial charge in [-0.15, -0.1) is 0 Å². The highest BCUT2D eigenvalue weighted by Crippen LogP contribution is 2.52. The molecule has 114 valence electrons. The lowest BCUT2D eigenvalue weighted by Gasteiger charge is -2.43. The Kier molecular flexibility index (Phi) is 2.55. The molecular weight excluding hydrogens is 280 g/mol. The summed E-state index contributed by atoms with van der Waals surface area (Å²) in [6, 6.07) is 24.2. The zero-order valence-electron chi connectivity index (χ0n) is 13.3. The van der Waals surface area contributed by atoms with Crippen LogP contribution in [0.2, 0.25) is 0 Å². The molecule has 0 aliphatic carbocycles. The number of hydrogen-bond acceptors (Lipinski definition) is 1. The van der Waals surface area contributed by atoms with E-state index in [1.807, 2.05) is 0 Å². The molecule has 2 aliphatic rings. The molecule has 1 saturated heterocycles. The molecule has 23 heavy (non-hydrogen) atoms. The summed E-state index contributed by atoms with van der Waals surface area (Å²) in [4.78, 5) is 2.62. The average molecular weight is 300 g/mol. The van der Waals surface area contributed by atoms with Crippen LogP contribution in [0.3, 0.4) is 0 Å². The highest BCUT2D eigenvalue weighted by Gasteiger charge is 2.48. The first-order valence-corrected chi connectivity index (χ1v) is 8.37. The Bertz CT molecular complexity index is 864. The third kappa shape index (κ3) is 1.69. The smallest absolute Gasteiger partial charge is 0.0786 e. The van der Waals surface area contributed by atoms with Crippen LogP contribution in [0.15, 0.2) is 72.9 Å². The summed E-state index contributed by atoms with van der Waals surface area (Å²) >= 11 is 0. The lowest BCUT2D eigenvalue weighted by atomic mass is 9.86. The molecule has 0 radical (unpaired) electrons. The van der Waals surface area contributed by atoms with Gasteiger partial charge >= 0.3 is 0 Å². The molecule has 3 aromatic rings. The molecule has 2 atom stereocenters. The van der Waals surface area contributed by atoms with Crippen LogP contribution >= 0.6 is 0 Å². The van der Waals surface area contributed by atoms with E-state index < -0.39 is 0 Å². The van der Waals surface area contributed by atoms with Crippen molar-refractivity contribution in [1.29, 1.82) is 0 Å². The van der Waals surface area contributed by atoms with Gasteiger partial charge in [0.1, 0.15) is 0 Å². The molecule has 5 rings (SSSR count). The minimum absolute atomic E-state index is 0.0678. The van der Waals surface area contributed by atoms with Gasteiger partial charge in [0, 0.05) is 24.4 Å². The molecule has 2 aromatic carbocycles. The fourth-order valence-corrected chi connectivity index (χ4v) is 4.56. The lowest BCUT2D eigenvalue weighted by molar-refractivity contribution is 0.450. The van der Waals surface area contributed by atoms with Gasteiger partial charge in [-0.25, -0.2) is 0 Å². The van der Waals surface area contributed by atoms with Crippen LogP contribution in [0.5, 0.6) is 0 Å². The normalized spacial score (nSPS) is 24.9. The zero-order chi connectivity index (χ0) is 15.4. The maximum Gasteiger partial charge on any atom is 0.0786 e. The lowest BCUT2D eigenvalue weighted by Crippen LogP contribution is -2.43. The molecule has 0 saturated carbocycles. The minimum atomic E-state index is 0.0678. The standard InChI is InChI=1S/C21H20N2/c1-21-14-17(16-8-3-2-4-9-16)15-23(21)19-11-6-5-10-18(19)22-13-7-12-20(21)22/h2-13,17H,14-15H2,1H3. The maximum absolute atomic E-state index is 2.62. The topological polar surface area (TPSA) is 8.17 Å². The van der Waals surface area contributed by atoms with Crippen molar-refractivity contribution in [2.45, 2.75) is 24.8 Å². The molecule has 1 aromatic heterocycles. The van der Waals surface area contributed by atoms with Crippen LogP contribution in [0, 0.1) is 0 Å². The van der Waals surface area contributed by atoms with Gasteiger partial charge in [0.05, 0.1) is 16.9 Å². The van der Waals surface area contributed by atoms with E-state index in [1.165, 1.54) is 22.6 Å². The second-order valence-corrected chi connectivity index (χ2v) is 6.95. The zero-order valence-corrected chi connectivity index (χ0v) is 13.3. The molecule has 3 heterocycles. The highest BCUT2D eigenvalue weighted by molar-refractivity contribution is 5.70. The van der Waals surface area contributed by atoms with Crippen LogP contribution in [0.4, 0.5) is 5.69 Å². The Labute approximate surface area is 137 Å². The monoisotopic (exact) mass is 300 g/mol. The van der Waals surface area contributed by atoms with E-state index >= 15 is 0 Å². The fourth-order valence-electron chi connectivity index (χ4n) is 4.56. The van der Waals surface area contributed by atoms with Gasteiger partial charge in [-0.3, -0.25) is 0 Å². The Morgan fingerprint density at radius 1 is 0.870 bits per heavy atom. The molecule has 0 spiro atoms. The van der Waals surface area contributed by atoms with Gasteiger partial charge in [-0.2, -0.15) is 0 Å². The molecule has 2 unspecified atom stereocenters. The van der Waals surface area contributed by atoms with E-state index in [-0.39, 0.29) is 5.54 Å². The number of benzene rings is 2. The number of hydrogen-bond donors (Lipinski definition) is 0. The third-order valence-corrected chi connectivity index (χ3v) is 5.65. The number of anilines is 1. The third-order valence-electron chi connectivity index (χ3n) is 5.65. The number of para-hydroxylation sites is 2. The molecule has 0 bridgehead atoms. The molecule has 0 N–H and O–H groups in total. The summed E-state index contributed by atoms with van der Waals surface area (Å²) in [5, 5.41) is 0. The van der Waals surface area contributed by atoms with E-state index in [2.05, 4.69) is 89.3 Å².